The Kier molecular flexibility index (Phi) is 2.15. The van der Waals surface area contributed by atoms with Gasteiger partial charge in [0.15, 0.2) is 0 Å². The molecule has 1 rings (SSSR count). The highest BCUT2D eigenvalue weighted by atomic mass is 127. The predicted octanol–water partition coefficient (Wildman–Crippen LogP) is 0.684. The van der Waals surface area contributed by atoms with Crippen LogP contribution in [0.4, 0.5) is 0 Å². The van der Waals surface area contributed by atoms with Crippen LogP contribution in [0.25, 0.3) is 0 Å². The van der Waals surface area contributed by atoms with E-state index < -0.39 is 0 Å². The molecule has 42 valence electrons. The summed E-state index contributed by atoms with van der Waals surface area (Å²) in [6.07, 6.45) is 1.79. The molecular formula is C5H5IN2. The standard InChI is InChI=1S/C5H5IN2/c6-8-4-2-1-3-7-5-8/h5H,3-4H2. The second kappa shape index (κ2) is 2.92. The lowest BCUT2D eigenvalue weighted by Crippen LogP contribution is -2.06. The van der Waals surface area contributed by atoms with Gasteiger partial charge in [-0.15, -0.1) is 0 Å². The van der Waals surface area contributed by atoms with Crippen molar-refractivity contribution < 1.29 is 0 Å². The van der Waals surface area contributed by atoms with E-state index in [1.54, 1.807) is 6.34 Å². The molecule has 0 spiro atoms. The van der Waals surface area contributed by atoms with Crippen molar-refractivity contribution in [3.63, 3.8) is 0 Å². The zero-order valence-corrected chi connectivity index (χ0v) is 6.42. The molecule has 0 bridgehead atoms. The van der Waals surface area contributed by atoms with Crippen molar-refractivity contribution in [1.82, 2.24) is 3.11 Å². The summed E-state index contributed by atoms with van der Waals surface area (Å²) in [6.45, 7) is 1.45. The fraction of sp³-hybridized carbons (Fsp3) is 0.400. The Balaban J connectivity index is 2.54. The van der Waals surface area contributed by atoms with Crippen molar-refractivity contribution in [2.75, 3.05) is 13.1 Å². The number of hydrogen-bond acceptors (Lipinski definition) is 2. The maximum absolute atomic E-state index is 3.97. The maximum Gasteiger partial charge on any atom is 0.102 e. The van der Waals surface area contributed by atoms with E-state index in [-0.39, 0.29) is 0 Å². The molecule has 0 amide bonds. The average Bonchev–Trinajstić information content (AvgIpc) is 1.94. The molecule has 0 atom stereocenters. The van der Waals surface area contributed by atoms with Gasteiger partial charge in [-0.2, -0.15) is 0 Å². The van der Waals surface area contributed by atoms with Gasteiger partial charge in [0.05, 0.1) is 35.7 Å². The van der Waals surface area contributed by atoms with Crippen LogP contribution >= 0.6 is 22.9 Å². The van der Waals surface area contributed by atoms with E-state index in [1.807, 2.05) is 3.11 Å². The molecule has 1 aliphatic heterocycles. The van der Waals surface area contributed by atoms with Crippen LogP contribution in [0, 0.1) is 11.8 Å². The quantitative estimate of drug-likeness (QED) is 0.333. The Morgan fingerprint density at radius 3 is 3.38 bits per heavy atom. The number of aliphatic imine (C=N–C) groups is 1. The fourth-order valence-electron chi connectivity index (χ4n) is 0.403. The van der Waals surface area contributed by atoms with E-state index in [0.717, 1.165) is 6.54 Å². The summed E-state index contributed by atoms with van der Waals surface area (Å²) >= 11 is 2.16. The van der Waals surface area contributed by atoms with Crippen LogP contribution in [0.15, 0.2) is 4.99 Å². The molecule has 0 radical (unpaired) electrons. The molecular weight excluding hydrogens is 215 g/mol. The minimum absolute atomic E-state index is 0.652. The second-order valence-corrected chi connectivity index (χ2v) is 2.61. The molecule has 0 unspecified atom stereocenters. The third kappa shape index (κ3) is 1.70. The molecule has 0 saturated heterocycles. The zero-order valence-electron chi connectivity index (χ0n) is 4.26. The summed E-state index contributed by atoms with van der Waals surface area (Å²) in [4.78, 5) is 3.97. The first-order valence-corrected chi connectivity index (χ1v) is 3.24. The van der Waals surface area contributed by atoms with Gasteiger partial charge in [-0.05, 0) is 0 Å². The molecule has 0 saturated carbocycles. The third-order valence-corrected chi connectivity index (χ3v) is 1.32. The molecule has 0 aromatic carbocycles. The van der Waals surface area contributed by atoms with E-state index in [4.69, 9.17) is 0 Å². The average molecular weight is 220 g/mol. The topological polar surface area (TPSA) is 15.6 Å². The highest BCUT2D eigenvalue weighted by Crippen LogP contribution is 1.93. The van der Waals surface area contributed by atoms with Gasteiger partial charge in [0.25, 0.3) is 0 Å². The lowest BCUT2D eigenvalue weighted by molar-refractivity contribution is 0.854. The molecule has 0 fully saturated rings. The van der Waals surface area contributed by atoms with E-state index in [9.17, 15) is 0 Å². The van der Waals surface area contributed by atoms with Crippen LogP contribution < -0.4 is 0 Å². The summed E-state index contributed by atoms with van der Waals surface area (Å²) in [5.74, 6) is 5.82. The molecule has 0 aromatic heterocycles. The van der Waals surface area contributed by atoms with Crippen molar-refractivity contribution in [1.29, 1.82) is 0 Å². The summed E-state index contributed by atoms with van der Waals surface area (Å²) in [5.41, 5.74) is 0. The monoisotopic (exact) mass is 220 g/mol. The van der Waals surface area contributed by atoms with Gasteiger partial charge in [0.1, 0.15) is 6.54 Å². The highest BCUT2D eigenvalue weighted by Gasteiger charge is 1.89. The van der Waals surface area contributed by atoms with Crippen molar-refractivity contribution in [2.24, 2.45) is 4.99 Å². The molecule has 0 aliphatic carbocycles. The summed E-state index contributed by atoms with van der Waals surface area (Å²) in [7, 11) is 0. The lowest BCUT2D eigenvalue weighted by atomic mass is 10.6. The molecule has 3 heteroatoms. The van der Waals surface area contributed by atoms with Gasteiger partial charge in [-0.3, -0.25) is 8.11 Å². The van der Waals surface area contributed by atoms with Crippen LogP contribution in [0.1, 0.15) is 0 Å². The first-order chi connectivity index (χ1) is 3.89. The summed E-state index contributed by atoms with van der Waals surface area (Å²) < 4.78 is 1.93. The zero-order chi connectivity index (χ0) is 5.82. The van der Waals surface area contributed by atoms with Gasteiger partial charge in [0, 0.05) is 0 Å². The first kappa shape index (κ1) is 5.89. The highest BCUT2D eigenvalue weighted by molar-refractivity contribution is 14.1. The van der Waals surface area contributed by atoms with E-state index in [1.165, 1.54) is 0 Å². The number of hydrogen-bond donors (Lipinski definition) is 0. The van der Waals surface area contributed by atoms with E-state index in [0.29, 0.717) is 6.54 Å². The van der Waals surface area contributed by atoms with Crippen molar-refractivity contribution in [3.8, 4) is 11.8 Å². The van der Waals surface area contributed by atoms with Gasteiger partial charge in [-0.25, -0.2) is 0 Å². The van der Waals surface area contributed by atoms with Crippen LogP contribution in [-0.4, -0.2) is 22.5 Å². The largest absolute Gasteiger partial charge is 0.293 e. The Bertz CT molecular complexity index is 154. The smallest absolute Gasteiger partial charge is 0.102 e. The Morgan fingerprint density at radius 1 is 1.62 bits per heavy atom. The van der Waals surface area contributed by atoms with Gasteiger partial charge in [0.2, 0.25) is 0 Å². The normalized spacial score (nSPS) is 16.9. The van der Waals surface area contributed by atoms with Gasteiger partial charge < -0.3 is 0 Å². The second-order valence-electron chi connectivity index (χ2n) is 1.37. The molecule has 0 aromatic rings. The van der Waals surface area contributed by atoms with Gasteiger partial charge >= 0.3 is 0 Å². The molecule has 0 N–H and O–H groups in total. The minimum atomic E-state index is 0.652. The van der Waals surface area contributed by atoms with Crippen LogP contribution in [-0.2, 0) is 0 Å². The summed E-state index contributed by atoms with van der Waals surface area (Å²) in [5, 5.41) is 0. The minimum Gasteiger partial charge on any atom is -0.293 e. The Morgan fingerprint density at radius 2 is 2.50 bits per heavy atom. The van der Waals surface area contributed by atoms with Crippen LogP contribution in [0.2, 0.25) is 0 Å². The van der Waals surface area contributed by atoms with E-state index in [2.05, 4.69) is 39.7 Å². The van der Waals surface area contributed by atoms with Crippen molar-refractivity contribution in [2.45, 2.75) is 0 Å². The lowest BCUT2D eigenvalue weighted by Gasteiger charge is -2.00. The Hall–Kier alpha value is -0.240. The van der Waals surface area contributed by atoms with Crippen molar-refractivity contribution in [3.05, 3.63) is 0 Å². The third-order valence-electron chi connectivity index (χ3n) is 0.732. The number of rotatable bonds is 0. The van der Waals surface area contributed by atoms with E-state index >= 15 is 0 Å². The number of nitrogens with zero attached hydrogens (tertiary/aromatic N) is 2. The van der Waals surface area contributed by atoms with Crippen LogP contribution in [0.3, 0.4) is 0 Å². The SMILES string of the molecule is IN1C=NCC#CC1. The van der Waals surface area contributed by atoms with Crippen LogP contribution in [0.5, 0.6) is 0 Å². The Labute approximate surface area is 62.5 Å². The first-order valence-electron chi connectivity index (χ1n) is 2.27. The maximum atomic E-state index is 3.97. The molecule has 1 heterocycles. The molecule has 2 nitrogen and oxygen atoms in total. The summed E-state index contributed by atoms with van der Waals surface area (Å²) in [6, 6.07) is 0. The number of halogens is 1. The van der Waals surface area contributed by atoms with Gasteiger partial charge in [-0.1, -0.05) is 11.8 Å². The molecule has 8 heavy (non-hydrogen) atoms. The fourth-order valence-corrected chi connectivity index (χ4v) is 0.750. The van der Waals surface area contributed by atoms with Crippen molar-refractivity contribution >= 4 is 29.2 Å². The molecule has 1 aliphatic rings. The predicted molar refractivity (Wildman–Crippen MR) is 41.9 cm³/mol.